The van der Waals surface area contributed by atoms with E-state index in [1.165, 1.54) is 10.8 Å². The molecular formula is C31H35N7O2. The van der Waals surface area contributed by atoms with Crippen LogP contribution >= 0.6 is 0 Å². The number of anilines is 3. The third kappa shape index (κ3) is 5.93. The zero-order valence-corrected chi connectivity index (χ0v) is 22.9. The Morgan fingerprint density at radius 2 is 1.50 bits per heavy atom. The Morgan fingerprint density at radius 1 is 0.800 bits per heavy atom. The molecule has 0 bridgehead atoms. The summed E-state index contributed by atoms with van der Waals surface area (Å²) in [5.41, 5.74) is 5.04. The van der Waals surface area contributed by atoms with Crippen molar-refractivity contribution in [1.82, 2.24) is 15.0 Å². The molecule has 9 heteroatoms. The maximum absolute atomic E-state index is 6.22. The molecule has 0 spiro atoms. The van der Waals surface area contributed by atoms with E-state index < -0.39 is 0 Å². The second kappa shape index (κ2) is 12.2. The van der Waals surface area contributed by atoms with E-state index in [0.29, 0.717) is 30.7 Å². The Bertz CT molecular complexity index is 1440. The largest absolute Gasteiger partial charge is 0.490 e. The summed E-state index contributed by atoms with van der Waals surface area (Å²) in [5, 5.41) is 6.84. The molecule has 1 N–H and O–H groups in total. The highest BCUT2D eigenvalue weighted by molar-refractivity contribution is 5.85. The molecule has 0 atom stereocenters. The number of ether oxygens (including phenoxy) is 2. The molecule has 0 amide bonds. The minimum atomic E-state index is 0.453. The lowest BCUT2D eigenvalue weighted by molar-refractivity contribution is 0.270. The van der Waals surface area contributed by atoms with Crippen molar-refractivity contribution in [1.29, 1.82) is 0 Å². The molecule has 2 aliphatic rings. The molecule has 9 nitrogen and oxygen atoms in total. The van der Waals surface area contributed by atoms with Crippen molar-refractivity contribution >= 4 is 34.8 Å². The van der Waals surface area contributed by atoms with Crippen LogP contribution < -0.4 is 24.7 Å². The SMILES string of the molecule is CCOc1cc(/C=N/Nc2nc(N3CCCC3)nc(N3CCCC3)n2)ccc1OCc1cccc2ccccc12. The first-order valence-corrected chi connectivity index (χ1v) is 14.2. The number of hydrazone groups is 1. The molecule has 2 saturated heterocycles. The molecule has 0 saturated carbocycles. The molecule has 3 heterocycles. The van der Waals surface area contributed by atoms with Gasteiger partial charge in [-0.2, -0.15) is 20.1 Å². The number of nitrogens with one attached hydrogen (secondary N) is 1. The first kappa shape index (κ1) is 25.9. The third-order valence-corrected chi connectivity index (χ3v) is 7.30. The van der Waals surface area contributed by atoms with Crippen molar-refractivity contribution in [2.45, 2.75) is 39.2 Å². The maximum Gasteiger partial charge on any atom is 0.250 e. The normalized spacial score (nSPS) is 15.3. The second-order valence-corrected chi connectivity index (χ2v) is 10.1. The van der Waals surface area contributed by atoms with Crippen molar-refractivity contribution in [3.63, 3.8) is 0 Å². The number of fused-ring (bicyclic) bond motifs is 1. The molecule has 4 aromatic rings. The van der Waals surface area contributed by atoms with Crippen molar-refractivity contribution in [2.75, 3.05) is 48.0 Å². The Labute approximate surface area is 234 Å². The van der Waals surface area contributed by atoms with E-state index in [0.717, 1.165) is 74.9 Å². The van der Waals surface area contributed by atoms with Gasteiger partial charge >= 0.3 is 0 Å². The van der Waals surface area contributed by atoms with Crippen LogP contribution in [-0.2, 0) is 6.61 Å². The topological polar surface area (TPSA) is 88.0 Å². The van der Waals surface area contributed by atoms with E-state index in [4.69, 9.17) is 14.5 Å². The molecule has 3 aromatic carbocycles. The fourth-order valence-corrected chi connectivity index (χ4v) is 5.25. The number of nitrogens with zero attached hydrogens (tertiary/aromatic N) is 6. The summed E-state index contributed by atoms with van der Waals surface area (Å²) in [6.07, 6.45) is 6.39. The van der Waals surface area contributed by atoms with Crippen LogP contribution in [-0.4, -0.2) is 54.0 Å². The summed E-state index contributed by atoms with van der Waals surface area (Å²) in [6, 6.07) is 20.4. The molecule has 206 valence electrons. The maximum atomic E-state index is 6.22. The van der Waals surface area contributed by atoms with Gasteiger partial charge in [-0.05, 0) is 72.7 Å². The van der Waals surface area contributed by atoms with Crippen LogP contribution in [0.25, 0.3) is 10.8 Å². The van der Waals surface area contributed by atoms with Gasteiger partial charge in [0.1, 0.15) is 6.61 Å². The van der Waals surface area contributed by atoms with Gasteiger partial charge in [0.2, 0.25) is 17.8 Å². The molecule has 2 aliphatic heterocycles. The average Bonchev–Trinajstić information content (AvgIpc) is 3.72. The first-order valence-electron chi connectivity index (χ1n) is 14.2. The number of aromatic nitrogens is 3. The average molecular weight is 538 g/mol. The Hall–Kier alpha value is -4.40. The summed E-state index contributed by atoms with van der Waals surface area (Å²) >= 11 is 0. The molecule has 0 aliphatic carbocycles. The minimum absolute atomic E-state index is 0.453. The summed E-state index contributed by atoms with van der Waals surface area (Å²) in [7, 11) is 0. The fourth-order valence-electron chi connectivity index (χ4n) is 5.25. The summed E-state index contributed by atoms with van der Waals surface area (Å²) in [5.74, 6) is 3.27. The Morgan fingerprint density at radius 3 is 2.23 bits per heavy atom. The van der Waals surface area contributed by atoms with E-state index in [1.807, 2.05) is 25.1 Å². The first-order chi connectivity index (χ1) is 19.8. The predicted octanol–water partition coefficient (Wildman–Crippen LogP) is 5.65. The summed E-state index contributed by atoms with van der Waals surface area (Å²) < 4.78 is 12.1. The van der Waals surface area contributed by atoms with Crippen LogP contribution in [0.1, 0.15) is 43.7 Å². The van der Waals surface area contributed by atoms with Crippen LogP contribution in [0.3, 0.4) is 0 Å². The zero-order chi connectivity index (χ0) is 27.1. The van der Waals surface area contributed by atoms with E-state index in [-0.39, 0.29) is 0 Å². The van der Waals surface area contributed by atoms with Crippen LogP contribution in [0, 0.1) is 0 Å². The van der Waals surface area contributed by atoms with Crippen LogP contribution in [0.4, 0.5) is 17.8 Å². The molecule has 6 rings (SSSR count). The standard InChI is InChI=1S/C31H35N7O2/c1-2-39-28-20-23(14-15-27(28)40-22-25-12-9-11-24-10-3-4-13-26(24)25)21-32-36-29-33-30(37-16-5-6-17-37)35-31(34-29)38-18-7-8-19-38/h3-4,9-15,20-21H,2,5-8,16-19,22H2,1H3,(H,33,34,35,36)/b32-21+. The molecular weight excluding hydrogens is 502 g/mol. The number of hydrogen-bond acceptors (Lipinski definition) is 9. The smallest absolute Gasteiger partial charge is 0.250 e. The van der Waals surface area contributed by atoms with E-state index in [9.17, 15) is 0 Å². The molecule has 40 heavy (non-hydrogen) atoms. The van der Waals surface area contributed by atoms with Gasteiger partial charge in [0.25, 0.3) is 0 Å². The predicted molar refractivity (Wildman–Crippen MR) is 160 cm³/mol. The van der Waals surface area contributed by atoms with Crippen LogP contribution in [0.15, 0.2) is 65.8 Å². The number of benzene rings is 3. The third-order valence-electron chi connectivity index (χ3n) is 7.30. The van der Waals surface area contributed by atoms with Crippen molar-refractivity contribution in [3.8, 4) is 11.5 Å². The monoisotopic (exact) mass is 537 g/mol. The highest BCUT2D eigenvalue weighted by atomic mass is 16.5. The highest BCUT2D eigenvalue weighted by Gasteiger charge is 2.21. The van der Waals surface area contributed by atoms with Gasteiger partial charge in [0, 0.05) is 26.2 Å². The van der Waals surface area contributed by atoms with Crippen LogP contribution in [0.2, 0.25) is 0 Å². The summed E-state index contributed by atoms with van der Waals surface area (Å²) in [4.78, 5) is 18.5. The molecule has 1 aromatic heterocycles. The fraction of sp³-hybridized carbons (Fsp3) is 0.355. The summed E-state index contributed by atoms with van der Waals surface area (Å²) in [6.45, 7) is 6.85. The van der Waals surface area contributed by atoms with Crippen molar-refractivity contribution in [2.24, 2.45) is 5.10 Å². The van der Waals surface area contributed by atoms with E-state index in [1.54, 1.807) is 6.21 Å². The van der Waals surface area contributed by atoms with Gasteiger partial charge in [-0.3, -0.25) is 0 Å². The van der Waals surface area contributed by atoms with Crippen LogP contribution in [0.5, 0.6) is 11.5 Å². The van der Waals surface area contributed by atoms with Crippen molar-refractivity contribution < 1.29 is 9.47 Å². The molecule has 0 radical (unpaired) electrons. The minimum Gasteiger partial charge on any atom is -0.490 e. The van der Waals surface area contributed by atoms with Gasteiger partial charge in [-0.15, -0.1) is 0 Å². The second-order valence-electron chi connectivity index (χ2n) is 10.1. The van der Waals surface area contributed by atoms with Gasteiger partial charge < -0.3 is 19.3 Å². The molecule has 2 fully saturated rings. The van der Waals surface area contributed by atoms with E-state index >= 15 is 0 Å². The lowest BCUT2D eigenvalue weighted by Gasteiger charge is -2.20. The highest BCUT2D eigenvalue weighted by Crippen LogP contribution is 2.30. The lowest BCUT2D eigenvalue weighted by atomic mass is 10.1. The van der Waals surface area contributed by atoms with Gasteiger partial charge in [0.15, 0.2) is 11.5 Å². The Balaban J connectivity index is 1.17. The quantitative estimate of drug-likeness (QED) is 0.205. The van der Waals surface area contributed by atoms with Crippen molar-refractivity contribution in [3.05, 3.63) is 71.8 Å². The van der Waals surface area contributed by atoms with Gasteiger partial charge in [-0.1, -0.05) is 42.5 Å². The number of rotatable bonds is 10. The lowest BCUT2D eigenvalue weighted by Crippen LogP contribution is -2.25. The Kier molecular flexibility index (Phi) is 7.88. The molecule has 0 unspecified atom stereocenters. The van der Waals surface area contributed by atoms with Gasteiger partial charge in [0.05, 0.1) is 12.8 Å². The zero-order valence-electron chi connectivity index (χ0n) is 22.9. The van der Waals surface area contributed by atoms with E-state index in [2.05, 4.69) is 72.8 Å². The number of hydrogen-bond donors (Lipinski definition) is 1. The van der Waals surface area contributed by atoms with Gasteiger partial charge in [-0.25, -0.2) is 5.43 Å².